The Kier molecular flexibility index (Phi) is 5.16. The van der Waals surface area contributed by atoms with Gasteiger partial charge < -0.3 is 19.7 Å². The van der Waals surface area contributed by atoms with Crippen LogP contribution in [0, 0.1) is 0 Å². The minimum Gasteiger partial charge on any atom is -0.477 e. The van der Waals surface area contributed by atoms with Crippen molar-refractivity contribution in [3.63, 3.8) is 0 Å². The number of anilines is 1. The van der Waals surface area contributed by atoms with Gasteiger partial charge in [-0.1, -0.05) is 36.4 Å². The van der Waals surface area contributed by atoms with Crippen molar-refractivity contribution in [2.24, 2.45) is 0 Å². The fourth-order valence-corrected chi connectivity index (χ4v) is 3.20. The second-order valence-corrected chi connectivity index (χ2v) is 6.55. The highest BCUT2D eigenvalue weighted by Crippen LogP contribution is 2.34. The van der Waals surface area contributed by atoms with Crippen molar-refractivity contribution in [2.45, 2.75) is 6.10 Å². The molecule has 0 saturated carbocycles. The number of fused-ring (bicyclic) bond motifs is 1. The van der Waals surface area contributed by atoms with Crippen molar-refractivity contribution in [1.82, 2.24) is 5.32 Å². The fraction of sp³-hybridized carbons (Fsp3) is 0.130. The molecule has 0 aromatic heterocycles. The molecule has 0 unspecified atom stereocenters. The van der Waals surface area contributed by atoms with Gasteiger partial charge in [0.25, 0.3) is 11.8 Å². The number of carbonyl (C=O) groups is 2. The molecule has 0 spiro atoms. The number of hydrogen-bond acceptors (Lipinski definition) is 4. The summed E-state index contributed by atoms with van der Waals surface area (Å²) in [4.78, 5) is 27.0. The van der Waals surface area contributed by atoms with Crippen LogP contribution in [0.25, 0.3) is 0 Å². The lowest BCUT2D eigenvalue weighted by molar-refractivity contribution is -0.127. The van der Waals surface area contributed by atoms with Crippen molar-refractivity contribution >= 4 is 17.5 Å². The van der Waals surface area contributed by atoms with Crippen LogP contribution < -0.4 is 19.7 Å². The van der Waals surface area contributed by atoms with Gasteiger partial charge in [-0.3, -0.25) is 9.59 Å². The van der Waals surface area contributed by atoms with Crippen molar-refractivity contribution in [3.05, 3.63) is 84.4 Å². The maximum atomic E-state index is 13.3. The zero-order valence-electron chi connectivity index (χ0n) is 15.9. The monoisotopic (exact) mass is 388 g/mol. The molecule has 6 heteroatoms. The van der Waals surface area contributed by atoms with E-state index in [1.807, 2.05) is 42.5 Å². The molecule has 1 aliphatic rings. The Morgan fingerprint density at radius 1 is 0.966 bits per heavy atom. The molecule has 0 radical (unpaired) electrons. The van der Waals surface area contributed by atoms with Gasteiger partial charge in [-0.05, 0) is 42.5 Å². The first kappa shape index (κ1) is 18.6. The number of carbonyl (C=O) groups excluding carboxylic acids is 2. The van der Waals surface area contributed by atoms with Gasteiger partial charge in [0.1, 0.15) is 17.2 Å². The van der Waals surface area contributed by atoms with E-state index < -0.39 is 6.10 Å². The van der Waals surface area contributed by atoms with Crippen molar-refractivity contribution in [3.8, 4) is 17.2 Å². The summed E-state index contributed by atoms with van der Waals surface area (Å²) >= 11 is 0. The van der Waals surface area contributed by atoms with Crippen LogP contribution in [0.1, 0.15) is 10.4 Å². The Hall–Kier alpha value is -3.80. The molecule has 3 aromatic rings. The third-order valence-corrected chi connectivity index (χ3v) is 4.62. The molecule has 0 saturated heterocycles. The average molecular weight is 388 g/mol. The minimum atomic E-state index is -0.775. The van der Waals surface area contributed by atoms with Crippen molar-refractivity contribution in [1.29, 1.82) is 0 Å². The molecular formula is C23H20N2O4. The summed E-state index contributed by atoms with van der Waals surface area (Å²) in [5.74, 6) is 1.24. The van der Waals surface area contributed by atoms with Gasteiger partial charge in [-0.15, -0.1) is 0 Å². The summed E-state index contributed by atoms with van der Waals surface area (Å²) in [5.41, 5.74) is 1.10. The normalized spacial score (nSPS) is 15.1. The van der Waals surface area contributed by atoms with E-state index in [2.05, 4.69) is 5.32 Å². The highest BCUT2D eigenvalue weighted by atomic mass is 16.5. The smallest absolute Gasteiger partial charge is 0.262 e. The Morgan fingerprint density at radius 3 is 2.48 bits per heavy atom. The zero-order valence-corrected chi connectivity index (χ0v) is 15.9. The number of nitrogens with one attached hydrogen (secondary N) is 1. The van der Waals surface area contributed by atoms with Crippen LogP contribution in [0.3, 0.4) is 0 Å². The van der Waals surface area contributed by atoms with Crippen LogP contribution >= 0.6 is 0 Å². The van der Waals surface area contributed by atoms with Gasteiger partial charge in [0.15, 0.2) is 6.10 Å². The number of likely N-dealkylation sites (N-methyl/N-ethyl adjacent to an activating group) is 1. The van der Waals surface area contributed by atoms with Gasteiger partial charge in [-0.2, -0.15) is 0 Å². The van der Waals surface area contributed by atoms with Gasteiger partial charge in [-0.25, -0.2) is 0 Å². The Balaban J connectivity index is 1.63. The van der Waals surface area contributed by atoms with Gasteiger partial charge in [0, 0.05) is 12.6 Å². The fourth-order valence-electron chi connectivity index (χ4n) is 3.20. The third kappa shape index (κ3) is 3.91. The Labute approximate surface area is 168 Å². The molecule has 1 atom stereocenters. The zero-order chi connectivity index (χ0) is 20.2. The van der Waals surface area contributed by atoms with Gasteiger partial charge >= 0.3 is 0 Å². The number of nitrogens with zero attached hydrogens (tertiary/aromatic N) is 1. The number of hydrogen-bond donors (Lipinski definition) is 1. The quantitative estimate of drug-likeness (QED) is 0.741. The minimum absolute atomic E-state index is 0.124. The average Bonchev–Trinajstić information content (AvgIpc) is 2.78. The first-order valence-electron chi connectivity index (χ1n) is 9.28. The summed E-state index contributed by atoms with van der Waals surface area (Å²) in [7, 11) is 1.54. The second-order valence-electron chi connectivity index (χ2n) is 6.55. The second kappa shape index (κ2) is 8.06. The molecular weight excluding hydrogens is 368 g/mol. The van der Waals surface area contributed by atoms with E-state index in [1.165, 1.54) is 0 Å². The third-order valence-electron chi connectivity index (χ3n) is 4.62. The van der Waals surface area contributed by atoms with E-state index in [0.29, 0.717) is 28.5 Å². The molecule has 0 fully saturated rings. The van der Waals surface area contributed by atoms with E-state index in [1.54, 1.807) is 48.3 Å². The topological polar surface area (TPSA) is 67.9 Å². The number of benzene rings is 3. The lowest BCUT2D eigenvalue weighted by Gasteiger charge is -2.34. The highest BCUT2D eigenvalue weighted by molar-refractivity contribution is 6.08. The highest BCUT2D eigenvalue weighted by Gasteiger charge is 2.33. The Morgan fingerprint density at radius 2 is 1.69 bits per heavy atom. The van der Waals surface area contributed by atoms with E-state index in [-0.39, 0.29) is 18.4 Å². The number of ether oxygens (including phenoxy) is 2. The summed E-state index contributed by atoms with van der Waals surface area (Å²) < 4.78 is 11.6. The molecule has 0 bridgehead atoms. The molecule has 1 heterocycles. The van der Waals surface area contributed by atoms with E-state index in [9.17, 15) is 9.59 Å². The van der Waals surface area contributed by atoms with E-state index >= 15 is 0 Å². The standard InChI is InChI=1S/C23H20N2O4/c1-24-22(26)21-15-25(19-12-5-6-13-20(19)29-21)23(27)16-8-7-11-18(14-16)28-17-9-3-2-4-10-17/h2-14,21H,15H2,1H3,(H,24,26)/t21-/m1/s1. The number of amides is 2. The van der Waals surface area contributed by atoms with Gasteiger partial charge in [0.2, 0.25) is 0 Å². The molecule has 29 heavy (non-hydrogen) atoms. The molecule has 6 nitrogen and oxygen atoms in total. The molecule has 0 aliphatic carbocycles. The number of rotatable bonds is 4. The maximum Gasteiger partial charge on any atom is 0.262 e. The SMILES string of the molecule is CNC(=O)[C@H]1CN(C(=O)c2cccc(Oc3ccccc3)c2)c2ccccc2O1. The lowest BCUT2D eigenvalue weighted by atomic mass is 10.1. The summed E-state index contributed by atoms with van der Waals surface area (Å²) in [5, 5.41) is 2.58. The summed E-state index contributed by atoms with van der Waals surface area (Å²) in [6.45, 7) is 0.124. The van der Waals surface area contributed by atoms with Crippen LogP contribution in [0.2, 0.25) is 0 Å². The number of para-hydroxylation sites is 3. The van der Waals surface area contributed by atoms with Crippen LogP contribution in [-0.4, -0.2) is 31.5 Å². The Bertz CT molecular complexity index is 1040. The predicted molar refractivity (Wildman–Crippen MR) is 110 cm³/mol. The van der Waals surface area contributed by atoms with Crippen LogP contribution in [0.4, 0.5) is 5.69 Å². The lowest BCUT2D eigenvalue weighted by Crippen LogP contribution is -2.50. The molecule has 3 aromatic carbocycles. The van der Waals surface area contributed by atoms with E-state index in [4.69, 9.17) is 9.47 Å². The summed E-state index contributed by atoms with van der Waals surface area (Å²) in [6, 6.07) is 23.6. The largest absolute Gasteiger partial charge is 0.477 e. The van der Waals surface area contributed by atoms with Crippen molar-refractivity contribution < 1.29 is 19.1 Å². The predicted octanol–water partition coefficient (Wildman–Crippen LogP) is 3.63. The molecule has 1 aliphatic heterocycles. The van der Waals surface area contributed by atoms with E-state index in [0.717, 1.165) is 0 Å². The van der Waals surface area contributed by atoms with Gasteiger partial charge in [0.05, 0.1) is 12.2 Å². The maximum absolute atomic E-state index is 13.3. The van der Waals surface area contributed by atoms with Crippen LogP contribution in [0.15, 0.2) is 78.9 Å². The molecule has 4 rings (SSSR count). The van der Waals surface area contributed by atoms with Crippen LogP contribution in [0.5, 0.6) is 17.2 Å². The van der Waals surface area contributed by atoms with Crippen molar-refractivity contribution in [2.75, 3.05) is 18.5 Å². The molecule has 1 N–H and O–H groups in total. The summed E-state index contributed by atoms with van der Waals surface area (Å²) in [6.07, 6.45) is -0.775. The molecule has 2 amide bonds. The first-order chi connectivity index (χ1) is 14.2. The molecule has 146 valence electrons. The van der Waals surface area contributed by atoms with Crippen LogP contribution in [-0.2, 0) is 4.79 Å². The first-order valence-corrected chi connectivity index (χ1v) is 9.28.